The van der Waals surface area contributed by atoms with E-state index >= 15 is 0 Å². The molecule has 0 aliphatic heterocycles. The Labute approximate surface area is 112 Å². The molecular formula is C13H17ClN2O2. The first kappa shape index (κ1) is 14.5. The second-order valence-corrected chi connectivity index (χ2v) is 4.18. The van der Waals surface area contributed by atoms with Crippen LogP contribution in [0.4, 0.5) is 4.79 Å². The summed E-state index contributed by atoms with van der Waals surface area (Å²) in [4.78, 5) is 13.3. The lowest BCUT2D eigenvalue weighted by molar-refractivity contribution is 0.183. The van der Waals surface area contributed by atoms with Crippen molar-refractivity contribution in [2.45, 2.75) is 6.54 Å². The fraction of sp³-hybridized carbons (Fsp3) is 0.308. The van der Waals surface area contributed by atoms with Crippen LogP contribution >= 0.6 is 11.6 Å². The highest BCUT2D eigenvalue weighted by Gasteiger charge is 2.10. The Morgan fingerprint density at radius 1 is 1.56 bits per heavy atom. The number of rotatable bonds is 6. The van der Waals surface area contributed by atoms with Crippen LogP contribution in [0.5, 0.6) is 0 Å². The molecule has 0 aliphatic carbocycles. The Kier molecular flexibility index (Phi) is 6.25. The normalized spacial score (nSPS) is 9.89. The second-order valence-electron chi connectivity index (χ2n) is 3.75. The third-order valence-electron chi connectivity index (χ3n) is 2.34. The highest BCUT2D eigenvalue weighted by atomic mass is 35.5. The Bertz CT molecular complexity index is 410. The quantitative estimate of drug-likeness (QED) is 0.776. The molecule has 0 unspecified atom stereocenters. The number of hydrogen-bond donors (Lipinski definition) is 2. The average Bonchev–Trinajstić information content (AvgIpc) is 2.36. The number of aliphatic hydroxyl groups excluding tert-OH is 1. The molecule has 0 radical (unpaired) electrons. The van der Waals surface area contributed by atoms with Crippen molar-refractivity contribution in [3.63, 3.8) is 0 Å². The number of halogens is 1. The van der Waals surface area contributed by atoms with Gasteiger partial charge in [-0.2, -0.15) is 0 Å². The second kappa shape index (κ2) is 7.74. The van der Waals surface area contributed by atoms with Crippen LogP contribution in [0.3, 0.4) is 0 Å². The van der Waals surface area contributed by atoms with Crippen molar-refractivity contribution >= 4 is 17.6 Å². The number of hydrogen-bond acceptors (Lipinski definition) is 2. The fourth-order valence-corrected chi connectivity index (χ4v) is 1.70. The van der Waals surface area contributed by atoms with E-state index in [9.17, 15) is 4.79 Å². The van der Waals surface area contributed by atoms with Crippen LogP contribution in [-0.4, -0.2) is 35.7 Å². The Morgan fingerprint density at radius 2 is 2.33 bits per heavy atom. The fourth-order valence-electron chi connectivity index (χ4n) is 1.49. The molecule has 0 bridgehead atoms. The van der Waals surface area contributed by atoms with Gasteiger partial charge in [0.05, 0.1) is 6.61 Å². The molecule has 0 fully saturated rings. The van der Waals surface area contributed by atoms with Crippen LogP contribution in [0.1, 0.15) is 5.56 Å². The van der Waals surface area contributed by atoms with Crippen LogP contribution in [0.2, 0.25) is 5.02 Å². The Hall–Kier alpha value is -1.52. The lowest BCUT2D eigenvalue weighted by Crippen LogP contribution is -2.41. The van der Waals surface area contributed by atoms with Crippen molar-refractivity contribution in [3.05, 3.63) is 47.5 Å². The van der Waals surface area contributed by atoms with E-state index in [0.29, 0.717) is 18.1 Å². The predicted octanol–water partition coefficient (Wildman–Crippen LogP) is 2.03. The van der Waals surface area contributed by atoms with Gasteiger partial charge in [0.25, 0.3) is 0 Å². The first-order valence-corrected chi connectivity index (χ1v) is 6.04. The predicted molar refractivity (Wildman–Crippen MR) is 72.5 cm³/mol. The zero-order chi connectivity index (χ0) is 13.4. The molecule has 0 saturated carbocycles. The molecule has 0 saturated heterocycles. The number of benzene rings is 1. The van der Waals surface area contributed by atoms with E-state index in [2.05, 4.69) is 11.9 Å². The first-order chi connectivity index (χ1) is 8.67. The first-order valence-electron chi connectivity index (χ1n) is 5.66. The number of nitrogens with one attached hydrogen (secondary N) is 1. The summed E-state index contributed by atoms with van der Waals surface area (Å²) in [5.41, 5.74) is 0.929. The van der Waals surface area contributed by atoms with Crippen molar-refractivity contribution in [1.29, 1.82) is 0 Å². The van der Waals surface area contributed by atoms with Gasteiger partial charge in [0.15, 0.2) is 0 Å². The standard InChI is InChI=1S/C13H17ClN2O2/c1-2-6-16(7-8-17)13(18)15-10-11-4-3-5-12(14)9-11/h2-5,9,17H,1,6-8,10H2,(H,15,18). The van der Waals surface area contributed by atoms with Crippen molar-refractivity contribution < 1.29 is 9.90 Å². The molecule has 2 N–H and O–H groups in total. The van der Waals surface area contributed by atoms with Gasteiger partial charge in [-0.15, -0.1) is 6.58 Å². The summed E-state index contributed by atoms with van der Waals surface area (Å²) < 4.78 is 0. The van der Waals surface area contributed by atoms with Crippen LogP contribution in [0.15, 0.2) is 36.9 Å². The van der Waals surface area contributed by atoms with E-state index in [0.717, 1.165) is 5.56 Å². The number of amides is 2. The number of carbonyl (C=O) groups is 1. The highest BCUT2D eigenvalue weighted by molar-refractivity contribution is 6.30. The molecule has 98 valence electrons. The zero-order valence-electron chi connectivity index (χ0n) is 10.1. The molecule has 0 atom stereocenters. The third-order valence-corrected chi connectivity index (χ3v) is 2.57. The highest BCUT2D eigenvalue weighted by Crippen LogP contribution is 2.10. The van der Waals surface area contributed by atoms with E-state index < -0.39 is 0 Å². The Morgan fingerprint density at radius 3 is 2.94 bits per heavy atom. The van der Waals surface area contributed by atoms with Gasteiger partial charge in [-0.25, -0.2) is 4.79 Å². The summed E-state index contributed by atoms with van der Waals surface area (Å²) in [5, 5.41) is 12.3. The van der Waals surface area contributed by atoms with Crippen molar-refractivity contribution in [2.75, 3.05) is 19.7 Å². The molecule has 2 amide bonds. The summed E-state index contributed by atoms with van der Waals surface area (Å²) in [7, 11) is 0. The Balaban J connectivity index is 2.50. The summed E-state index contributed by atoms with van der Waals surface area (Å²) in [6.45, 7) is 4.59. The maximum absolute atomic E-state index is 11.8. The van der Waals surface area contributed by atoms with E-state index in [1.54, 1.807) is 18.2 Å². The van der Waals surface area contributed by atoms with Crippen LogP contribution < -0.4 is 5.32 Å². The lowest BCUT2D eigenvalue weighted by atomic mass is 10.2. The summed E-state index contributed by atoms with van der Waals surface area (Å²) in [5.74, 6) is 0. The smallest absolute Gasteiger partial charge is 0.318 e. The minimum absolute atomic E-state index is 0.0710. The van der Waals surface area contributed by atoms with Gasteiger partial charge in [-0.3, -0.25) is 0 Å². The molecule has 4 nitrogen and oxygen atoms in total. The van der Waals surface area contributed by atoms with Gasteiger partial charge < -0.3 is 15.3 Å². The van der Waals surface area contributed by atoms with Gasteiger partial charge in [0.1, 0.15) is 0 Å². The average molecular weight is 269 g/mol. The molecule has 0 aliphatic rings. The minimum Gasteiger partial charge on any atom is -0.395 e. The maximum atomic E-state index is 11.8. The number of carbonyl (C=O) groups excluding carboxylic acids is 1. The summed E-state index contributed by atoms with van der Waals surface area (Å²) in [6, 6.07) is 7.06. The molecule has 5 heteroatoms. The molecule has 1 aromatic carbocycles. The monoisotopic (exact) mass is 268 g/mol. The van der Waals surface area contributed by atoms with Crippen molar-refractivity contribution in [2.24, 2.45) is 0 Å². The molecule has 18 heavy (non-hydrogen) atoms. The molecule has 1 aromatic rings. The van der Waals surface area contributed by atoms with Crippen LogP contribution in [0.25, 0.3) is 0 Å². The van der Waals surface area contributed by atoms with Crippen LogP contribution in [-0.2, 0) is 6.54 Å². The molecule has 0 spiro atoms. The van der Waals surface area contributed by atoms with Crippen LogP contribution in [0, 0.1) is 0 Å². The largest absolute Gasteiger partial charge is 0.395 e. The van der Waals surface area contributed by atoms with Crippen molar-refractivity contribution in [3.8, 4) is 0 Å². The molecule has 0 aromatic heterocycles. The summed E-state index contributed by atoms with van der Waals surface area (Å²) in [6.07, 6.45) is 1.62. The zero-order valence-corrected chi connectivity index (χ0v) is 10.9. The molecular weight excluding hydrogens is 252 g/mol. The SMILES string of the molecule is C=CCN(CCO)C(=O)NCc1cccc(Cl)c1. The maximum Gasteiger partial charge on any atom is 0.318 e. The van der Waals surface area contributed by atoms with E-state index in [4.69, 9.17) is 16.7 Å². The van der Waals surface area contributed by atoms with E-state index in [1.165, 1.54) is 4.90 Å². The van der Waals surface area contributed by atoms with Gasteiger partial charge in [0, 0.05) is 24.7 Å². The molecule has 1 rings (SSSR count). The third kappa shape index (κ3) is 4.77. The van der Waals surface area contributed by atoms with Gasteiger partial charge in [-0.1, -0.05) is 29.8 Å². The van der Waals surface area contributed by atoms with Gasteiger partial charge >= 0.3 is 6.03 Å². The summed E-state index contributed by atoms with van der Waals surface area (Å²) >= 11 is 5.85. The lowest BCUT2D eigenvalue weighted by Gasteiger charge is -2.20. The minimum atomic E-state index is -0.232. The number of aliphatic hydroxyl groups is 1. The topological polar surface area (TPSA) is 52.6 Å². The van der Waals surface area contributed by atoms with E-state index in [1.807, 2.05) is 12.1 Å². The van der Waals surface area contributed by atoms with Gasteiger partial charge in [-0.05, 0) is 17.7 Å². The van der Waals surface area contributed by atoms with E-state index in [-0.39, 0.29) is 19.2 Å². The number of nitrogens with zero attached hydrogens (tertiary/aromatic N) is 1. The number of urea groups is 1. The van der Waals surface area contributed by atoms with Crippen molar-refractivity contribution in [1.82, 2.24) is 10.2 Å². The van der Waals surface area contributed by atoms with Gasteiger partial charge in [0.2, 0.25) is 0 Å². The molecule has 0 heterocycles.